The van der Waals surface area contributed by atoms with Crippen LogP contribution in [-0.2, 0) is 7.58 Å². The summed E-state index contributed by atoms with van der Waals surface area (Å²) in [6, 6.07) is 0. The van der Waals surface area contributed by atoms with Crippen LogP contribution in [-0.4, -0.2) is 43.1 Å². The number of aliphatic hydroxyl groups is 1. The van der Waals surface area contributed by atoms with Crippen molar-refractivity contribution in [3.8, 4) is 0 Å². The van der Waals surface area contributed by atoms with Crippen molar-refractivity contribution in [2.24, 2.45) is 0 Å². The maximum Gasteiger partial charge on any atom is 0.455 e. The Hall–Kier alpha value is -0.338. The average molecular weight is 189 g/mol. The van der Waals surface area contributed by atoms with Gasteiger partial charge < -0.3 is 12.7 Å². The molecule has 0 aromatic heterocycles. The second kappa shape index (κ2) is 6.21. The van der Waals surface area contributed by atoms with Gasteiger partial charge in [-0.25, -0.2) is 0 Å². The fourth-order valence-corrected chi connectivity index (χ4v) is 1.50. The van der Waals surface area contributed by atoms with Gasteiger partial charge in [0.25, 0.3) is 0 Å². The summed E-state index contributed by atoms with van der Waals surface area (Å²) < 4.78 is 10.1. The number of allylic oxidation sites excluding steroid dienone is 2. The average Bonchev–Trinajstić information content (AvgIpc) is 1.98. The lowest BCUT2D eigenvalue weighted by atomic mass is 10.4. The first-order chi connectivity index (χ1) is 5.60. The normalized spacial score (nSPS) is 11.9. The molecule has 0 unspecified atom stereocenters. The molecule has 0 aromatic carbocycles. The molecule has 0 heterocycles. The van der Waals surface area contributed by atoms with Crippen molar-refractivity contribution in [2.45, 2.75) is 13.8 Å². The minimum atomic E-state index is -1.95. The van der Waals surface area contributed by atoms with Crippen molar-refractivity contribution in [2.75, 3.05) is 12.6 Å². The second-order valence-corrected chi connectivity index (χ2v) is 4.29. The summed E-state index contributed by atoms with van der Waals surface area (Å²) in [7, 11) is 1.50. The van der Waals surface area contributed by atoms with E-state index >= 15 is 0 Å². The molecule has 0 aliphatic rings. The largest absolute Gasteiger partial charge is 0.798 e. The standard InChI is InChI=1S/C5H8O2.2CH3O.Al/c1-4(6)3-5(2)7;2*1-2;/h3,6H,1-2H3;1H3;2H,1H2;/q;-1;;+1. The predicted molar refractivity (Wildman–Crippen MR) is 47.3 cm³/mol. The van der Waals surface area contributed by atoms with Crippen molar-refractivity contribution >= 4 is 20.6 Å². The molecule has 0 aromatic rings. The van der Waals surface area contributed by atoms with Crippen molar-refractivity contribution in [3.05, 3.63) is 11.8 Å². The number of ketones is 1. The number of carbonyl (C=O) groups excluding carboxylic acids is 1. The minimum Gasteiger partial charge on any atom is -0.798 e. The lowest BCUT2D eigenvalue weighted by Crippen LogP contribution is -2.25. The van der Waals surface area contributed by atoms with Gasteiger partial charge in [0, 0.05) is 5.76 Å². The van der Waals surface area contributed by atoms with Gasteiger partial charge in [-0.15, -0.1) is 0 Å². The first kappa shape index (κ1) is 11.7. The summed E-state index contributed by atoms with van der Waals surface area (Å²) in [4.78, 5) is 8.85. The molecule has 1 radical (unpaired) electrons. The van der Waals surface area contributed by atoms with Crippen LogP contribution >= 0.6 is 0 Å². The van der Waals surface area contributed by atoms with E-state index in [0.717, 1.165) is 0 Å². The van der Waals surface area contributed by atoms with Crippen molar-refractivity contribution in [3.63, 3.8) is 0 Å². The molecule has 0 aliphatic carbocycles. The quantitative estimate of drug-likeness (QED) is 0.289. The van der Waals surface area contributed by atoms with Crippen LogP contribution in [0.2, 0.25) is 0 Å². The number of hydrogen-bond acceptors (Lipinski definition) is 3. The van der Waals surface area contributed by atoms with Gasteiger partial charge >= 0.3 is 20.6 Å². The fourth-order valence-electron chi connectivity index (χ4n) is 0.695. The summed E-state index contributed by atoms with van der Waals surface area (Å²) in [6.07, 6.45) is 1.48. The summed E-state index contributed by atoms with van der Waals surface area (Å²) in [6.45, 7) is 3.25. The molecule has 0 saturated carbocycles. The van der Waals surface area contributed by atoms with E-state index in [1.807, 2.05) is 0 Å². The second-order valence-electron chi connectivity index (χ2n) is 2.36. The molecule has 4 nitrogen and oxygen atoms in total. The van der Waals surface area contributed by atoms with E-state index in [4.69, 9.17) is 17.5 Å². The Bertz CT molecular complexity index is 174. The van der Waals surface area contributed by atoms with Gasteiger partial charge in [-0.3, -0.25) is 4.79 Å². The third-order valence-electron chi connectivity index (χ3n) is 1.14. The van der Waals surface area contributed by atoms with Gasteiger partial charge in [0.1, 0.15) is 0 Å². The van der Waals surface area contributed by atoms with Gasteiger partial charge in [0.05, 0.1) is 13.0 Å². The zero-order valence-corrected chi connectivity index (χ0v) is 8.73. The van der Waals surface area contributed by atoms with Crippen LogP contribution in [0, 0.1) is 0 Å². The third-order valence-corrected chi connectivity index (χ3v) is 2.60. The van der Waals surface area contributed by atoms with Gasteiger partial charge in [0.2, 0.25) is 0 Å². The highest BCUT2D eigenvalue weighted by Gasteiger charge is 2.05. The van der Waals surface area contributed by atoms with Crippen LogP contribution in [0.15, 0.2) is 11.8 Å². The van der Waals surface area contributed by atoms with Crippen molar-refractivity contribution in [1.29, 1.82) is 0 Å². The van der Waals surface area contributed by atoms with Gasteiger partial charge in [-0.2, -0.15) is 0 Å². The van der Waals surface area contributed by atoms with Crippen molar-refractivity contribution in [1.82, 2.24) is 0 Å². The number of aliphatic hydroxyl groups excluding tert-OH is 1. The Morgan fingerprint density at radius 3 is 2.50 bits per heavy atom. The molecule has 69 valence electrons. The number of hydrogen-bond donors (Lipinski definition) is 1. The van der Waals surface area contributed by atoms with E-state index in [9.17, 15) is 0 Å². The van der Waals surface area contributed by atoms with Gasteiger partial charge in [0.15, 0.2) is 0 Å². The summed E-state index contributed by atoms with van der Waals surface area (Å²) in [5.74, 6) is 0.733. The number of rotatable bonds is 5. The lowest BCUT2D eigenvalue weighted by Gasteiger charge is -2.25. The monoisotopic (exact) mass is 189 g/mol. The molecule has 12 heavy (non-hydrogen) atoms. The predicted octanol–water partition coefficient (Wildman–Crippen LogP) is 0.138. The van der Waals surface area contributed by atoms with E-state index < -0.39 is 14.8 Å². The molecule has 5 heteroatoms. The van der Waals surface area contributed by atoms with Crippen LogP contribution in [0.5, 0.6) is 0 Å². The molecule has 0 amide bonds. The third kappa shape index (κ3) is 5.33. The van der Waals surface area contributed by atoms with Crippen LogP contribution in [0.25, 0.3) is 0 Å². The van der Waals surface area contributed by atoms with E-state index in [1.165, 1.54) is 13.2 Å². The minimum absolute atomic E-state index is 0.0772. The zero-order chi connectivity index (χ0) is 9.56. The Balaban J connectivity index is 3.97. The molecule has 0 spiro atoms. The summed E-state index contributed by atoms with van der Waals surface area (Å²) in [5, 5.41) is 8.72. The summed E-state index contributed by atoms with van der Waals surface area (Å²) >= 11 is -1.95. The molecular weight excluding hydrogens is 175 g/mol. The van der Waals surface area contributed by atoms with Crippen LogP contribution < -0.4 is 0 Å². The van der Waals surface area contributed by atoms with Gasteiger partial charge in [-0.05, 0) is 14.0 Å². The van der Waals surface area contributed by atoms with Crippen molar-refractivity contribution < 1.29 is 17.5 Å². The van der Waals surface area contributed by atoms with Crippen LogP contribution in [0.4, 0.5) is 0 Å². The summed E-state index contributed by atoms with van der Waals surface area (Å²) in [5.41, 5.74) is -0.0772. The van der Waals surface area contributed by atoms with E-state index in [1.54, 1.807) is 13.8 Å². The zero-order valence-electron chi connectivity index (χ0n) is 7.57. The Morgan fingerprint density at radius 1 is 1.58 bits per heavy atom. The van der Waals surface area contributed by atoms with E-state index in [-0.39, 0.29) is 11.3 Å². The highest BCUT2D eigenvalue weighted by molar-refractivity contribution is 6.44. The topological polar surface area (TPSA) is 60.1 Å². The maximum atomic E-state index is 8.85. The molecule has 0 atom stereocenters. The Morgan fingerprint density at radius 2 is 2.17 bits per heavy atom. The Labute approximate surface area is 76.8 Å². The maximum absolute atomic E-state index is 8.85. The van der Waals surface area contributed by atoms with E-state index in [2.05, 4.69) is 0 Å². The molecule has 0 rings (SSSR count). The molecular formula is C7H14AlO4. The highest BCUT2D eigenvalue weighted by atomic mass is 27.2. The molecule has 2 N–H and O–H groups in total. The fraction of sp³-hybridized carbons (Fsp3) is 0.571. The first-order valence-corrected chi connectivity index (χ1v) is 5.37. The van der Waals surface area contributed by atoms with Crippen LogP contribution in [0.3, 0.4) is 0 Å². The SMILES string of the molecule is C[O][Al-]([CH2]O)[O]C(C)=CC(C)=[OH+]. The lowest BCUT2D eigenvalue weighted by molar-refractivity contribution is 0.235. The molecule has 0 bridgehead atoms. The van der Waals surface area contributed by atoms with Gasteiger partial charge in [-0.1, -0.05) is 5.47 Å². The van der Waals surface area contributed by atoms with Crippen LogP contribution in [0.1, 0.15) is 13.8 Å². The highest BCUT2D eigenvalue weighted by Crippen LogP contribution is 1.99. The molecule has 0 saturated heterocycles. The molecule has 0 fully saturated rings. The molecule has 0 aliphatic heterocycles. The Kier molecular flexibility index (Phi) is 6.03. The van der Waals surface area contributed by atoms with E-state index in [0.29, 0.717) is 5.76 Å². The first-order valence-electron chi connectivity index (χ1n) is 3.61. The smallest absolute Gasteiger partial charge is 0.455 e.